The first-order chi connectivity index (χ1) is 11.5. The molecule has 9 heteroatoms. The van der Waals surface area contributed by atoms with E-state index in [0.717, 1.165) is 12.2 Å². The molecule has 0 radical (unpaired) electrons. The Bertz CT molecular complexity index is 699. The minimum absolute atomic E-state index is 0.228. The summed E-state index contributed by atoms with van der Waals surface area (Å²) < 4.78 is 6.62. The van der Waals surface area contributed by atoms with Crippen LogP contribution in [0.4, 0.5) is 11.8 Å². The number of amides is 1. The summed E-state index contributed by atoms with van der Waals surface area (Å²) in [4.78, 5) is 20.8. The summed E-state index contributed by atoms with van der Waals surface area (Å²) in [6, 6.07) is 1.85. The van der Waals surface area contributed by atoms with Gasteiger partial charge in [-0.05, 0) is 13.8 Å². The smallest absolute Gasteiger partial charge is 0.258 e. The van der Waals surface area contributed by atoms with Crippen LogP contribution in [0.2, 0.25) is 0 Å². The van der Waals surface area contributed by atoms with Gasteiger partial charge in [-0.1, -0.05) is 0 Å². The molecular formula is C15H23N7O2. The van der Waals surface area contributed by atoms with Gasteiger partial charge in [-0.3, -0.25) is 9.48 Å². The minimum atomic E-state index is -0.228. The van der Waals surface area contributed by atoms with Gasteiger partial charge in [-0.25, -0.2) is 4.98 Å². The van der Waals surface area contributed by atoms with Crippen molar-refractivity contribution in [1.82, 2.24) is 25.1 Å². The topological polar surface area (TPSA) is 106 Å². The van der Waals surface area contributed by atoms with Crippen LogP contribution in [-0.2, 0) is 7.05 Å². The number of carbonyl (C=O) groups is 1. The fourth-order valence-electron chi connectivity index (χ4n) is 2.13. The van der Waals surface area contributed by atoms with E-state index in [2.05, 4.69) is 31.0 Å². The lowest BCUT2D eigenvalue weighted by molar-refractivity contribution is 0.0952. The van der Waals surface area contributed by atoms with Crippen molar-refractivity contribution in [2.24, 2.45) is 7.05 Å². The highest BCUT2D eigenvalue weighted by atomic mass is 16.5. The van der Waals surface area contributed by atoms with Crippen LogP contribution in [0.15, 0.2) is 12.3 Å². The number of anilines is 2. The lowest BCUT2D eigenvalue weighted by Gasteiger charge is -2.09. The molecule has 9 nitrogen and oxygen atoms in total. The molecule has 0 unspecified atom stereocenters. The molecule has 0 bridgehead atoms. The van der Waals surface area contributed by atoms with Crippen molar-refractivity contribution >= 4 is 17.7 Å². The number of nitrogens with one attached hydrogen (secondary N) is 3. The molecule has 1 amide bonds. The maximum absolute atomic E-state index is 12.1. The minimum Gasteiger partial charge on any atom is -0.479 e. The van der Waals surface area contributed by atoms with Crippen molar-refractivity contribution in [1.29, 1.82) is 0 Å². The van der Waals surface area contributed by atoms with Crippen molar-refractivity contribution in [3.63, 3.8) is 0 Å². The van der Waals surface area contributed by atoms with Crippen molar-refractivity contribution in [3.05, 3.63) is 23.5 Å². The number of rotatable bonds is 8. The van der Waals surface area contributed by atoms with Crippen molar-refractivity contribution in [2.75, 3.05) is 37.4 Å². The van der Waals surface area contributed by atoms with Crippen LogP contribution in [0.3, 0.4) is 0 Å². The van der Waals surface area contributed by atoms with Crippen LogP contribution in [0.25, 0.3) is 0 Å². The lowest BCUT2D eigenvalue weighted by atomic mass is 10.3. The number of aryl methyl sites for hydroxylation is 2. The summed E-state index contributed by atoms with van der Waals surface area (Å²) in [6.07, 6.45) is 1.62. The van der Waals surface area contributed by atoms with E-state index < -0.39 is 0 Å². The quantitative estimate of drug-likeness (QED) is 0.614. The molecule has 2 aromatic rings. The fourth-order valence-corrected chi connectivity index (χ4v) is 2.13. The number of carbonyl (C=O) groups excluding carboxylic acids is 1. The van der Waals surface area contributed by atoms with E-state index in [0.29, 0.717) is 36.3 Å². The molecule has 0 spiro atoms. The SMILES string of the molecule is CCNc1nc(C)cc(NCCNC(=O)c2cn(C)nc2OC)n1. The average Bonchev–Trinajstić information content (AvgIpc) is 2.92. The maximum Gasteiger partial charge on any atom is 0.258 e. The van der Waals surface area contributed by atoms with E-state index in [1.165, 1.54) is 11.8 Å². The second-order valence-electron chi connectivity index (χ2n) is 5.16. The van der Waals surface area contributed by atoms with Gasteiger partial charge in [0.1, 0.15) is 11.4 Å². The van der Waals surface area contributed by atoms with Gasteiger partial charge >= 0.3 is 0 Å². The Morgan fingerprint density at radius 3 is 2.79 bits per heavy atom. The van der Waals surface area contributed by atoms with Crippen LogP contribution < -0.4 is 20.7 Å². The number of aromatic nitrogens is 4. The Morgan fingerprint density at radius 1 is 1.29 bits per heavy atom. The molecule has 0 fully saturated rings. The van der Waals surface area contributed by atoms with Gasteiger partial charge in [-0.15, -0.1) is 5.10 Å². The molecule has 2 aromatic heterocycles. The molecule has 3 N–H and O–H groups in total. The monoisotopic (exact) mass is 333 g/mol. The lowest BCUT2D eigenvalue weighted by Crippen LogP contribution is -2.29. The number of methoxy groups -OCH3 is 1. The van der Waals surface area contributed by atoms with Crippen molar-refractivity contribution in [3.8, 4) is 5.88 Å². The zero-order valence-corrected chi connectivity index (χ0v) is 14.4. The van der Waals surface area contributed by atoms with E-state index in [4.69, 9.17) is 4.74 Å². The summed E-state index contributed by atoms with van der Waals surface area (Å²) >= 11 is 0. The molecule has 0 aliphatic heterocycles. The summed E-state index contributed by atoms with van der Waals surface area (Å²) in [5.41, 5.74) is 1.28. The van der Waals surface area contributed by atoms with Crippen LogP contribution in [-0.4, -0.2) is 52.4 Å². The van der Waals surface area contributed by atoms with Crippen LogP contribution in [0.5, 0.6) is 5.88 Å². The van der Waals surface area contributed by atoms with Crippen molar-refractivity contribution in [2.45, 2.75) is 13.8 Å². The predicted molar refractivity (Wildman–Crippen MR) is 91.5 cm³/mol. The summed E-state index contributed by atoms with van der Waals surface area (Å²) in [5, 5.41) is 13.1. The molecular weight excluding hydrogens is 310 g/mol. The largest absolute Gasteiger partial charge is 0.479 e. The van der Waals surface area contributed by atoms with E-state index in [1.807, 2.05) is 19.9 Å². The second kappa shape index (κ2) is 8.14. The Hall–Kier alpha value is -2.84. The first-order valence-electron chi connectivity index (χ1n) is 7.72. The molecule has 0 aliphatic rings. The van der Waals surface area contributed by atoms with Crippen LogP contribution >= 0.6 is 0 Å². The number of hydrogen-bond donors (Lipinski definition) is 3. The fraction of sp³-hybridized carbons (Fsp3) is 0.467. The number of hydrogen-bond acceptors (Lipinski definition) is 7. The van der Waals surface area contributed by atoms with Gasteiger partial charge in [0, 0.05) is 44.6 Å². The Morgan fingerprint density at radius 2 is 2.08 bits per heavy atom. The molecule has 130 valence electrons. The predicted octanol–water partition coefficient (Wildman–Crippen LogP) is 0.801. The van der Waals surface area contributed by atoms with Crippen LogP contribution in [0.1, 0.15) is 23.0 Å². The highest BCUT2D eigenvalue weighted by Crippen LogP contribution is 2.14. The van der Waals surface area contributed by atoms with E-state index in [1.54, 1.807) is 13.2 Å². The molecule has 0 atom stereocenters. The highest BCUT2D eigenvalue weighted by molar-refractivity contribution is 5.96. The van der Waals surface area contributed by atoms with Gasteiger partial charge < -0.3 is 20.7 Å². The molecule has 0 saturated heterocycles. The third kappa shape index (κ3) is 4.58. The third-order valence-corrected chi connectivity index (χ3v) is 3.14. The van der Waals surface area contributed by atoms with Gasteiger partial charge in [-0.2, -0.15) is 4.98 Å². The van der Waals surface area contributed by atoms with Gasteiger partial charge in [0.2, 0.25) is 11.8 Å². The van der Waals surface area contributed by atoms with E-state index in [-0.39, 0.29) is 5.91 Å². The maximum atomic E-state index is 12.1. The average molecular weight is 333 g/mol. The Balaban J connectivity index is 1.85. The third-order valence-electron chi connectivity index (χ3n) is 3.14. The summed E-state index contributed by atoms with van der Waals surface area (Å²) in [5.74, 6) is 1.38. The molecule has 2 heterocycles. The Labute approximate surface area is 140 Å². The second-order valence-corrected chi connectivity index (χ2v) is 5.16. The standard InChI is InChI=1S/C15H23N7O2/c1-5-16-15-19-10(2)8-12(20-15)17-6-7-18-13(23)11-9-22(3)21-14(11)24-4/h8-9H,5-7H2,1-4H3,(H,18,23)(H2,16,17,19,20). The normalized spacial score (nSPS) is 10.3. The van der Waals surface area contributed by atoms with Gasteiger partial charge in [0.25, 0.3) is 5.91 Å². The highest BCUT2D eigenvalue weighted by Gasteiger charge is 2.15. The van der Waals surface area contributed by atoms with E-state index in [9.17, 15) is 4.79 Å². The molecule has 2 rings (SSSR count). The summed E-state index contributed by atoms with van der Waals surface area (Å²) in [7, 11) is 3.22. The molecule has 0 saturated carbocycles. The zero-order valence-electron chi connectivity index (χ0n) is 14.4. The molecule has 24 heavy (non-hydrogen) atoms. The first kappa shape index (κ1) is 17.5. The summed E-state index contributed by atoms with van der Waals surface area (Å²) in [6.45, 7) is 5.63. The first-order valence-corrected chi connectivity index (χ1v) is 7.72. The number of nitrogens with zero attached hydrogens (tertiary/aromatic N) is 4. The zero-order chi connectivity index (χ0) is 17.5. The molecule has 0 aromatic carbocycles. The Kier molecular flexibility index (Phi) is 5.94. The van der Waals surface area contributed by atoms with Crippen molar-refractivity contribution < 1.29 is 9.53 Å². The molecule has 0 aliphatic carbocycles. The number of ether oxygens (including phenoxy) is 1. The van der Waals surface area contributed by atoms with Crippen LogP contribution in [0, 0.1) is 6.92 Å². The van der Waals surface area contributed by atoms with Gasteiger partial charge in [0.15, 0.2) is 0 Å². The van der Waals surface area contributed by atoms with E-state index >= 15 is 0 Å². The van der Waals surface area contributed by atoms with Gasteiger partial charge in [0.05, 0.1) is 7.11 Å².